The molecule has 2 rings (SSSR count). The summed E-state index contributed by atoms with van der Waals surface area (Å²) in [7, 11) is -4.12. The van der Waals surface area contributed by atoms with Gasteiger partial charge in [-0.25, -0.2) is 17.2 Å². The van der Waals surface area contributed by atoms with Crippen LogP contribution in [0.15, 0.2) is 40.0 Å². The van der Waals surface area contributed by atoms with Crippen LogP contribution < -0.4 is 10.5 Å². The van der Waals surface area contributed by atoms with Gasteiger partial charge in [0.2, 0.25) is 0 Å². The molecule has 1 aromatic carbocycles. The van der Waals surface area contributed by atoms with Crippen molar-refractivity contribution in [1.29, 1.82) is 0 Å². The predicted octanol–water partition coefficient (Wildman–Crippen LogP) is 2.51. The first kappa shape index (κ1) is 14.7. The molecule has 1 aromatic heterocycles. The molecular formula is C11H8BrF2N3O2S. The minimum atomic E-state index is -4.12. The lowest BCUT2D eigenvalue weighted by molar-refractivity contribution is 0.596. The second kappa shape index (κ2) is 5.33. The molecule has 0 atom stereocenters. The molecule has 0 bridgehead atoms. The van der Waals surface area contributed by atoms with Gasteiger partial charge in [0.05, 0.1) is 17.6 Å². The van der Waals surface area contributed by atoms with Gasteiger partial charge in [-0.1, -0.05) is 0 Å². The minimum Gasteiger partial charge on any atom is -0.396 e. The summed E-state index contributed by atoms with van der Waals surface area (Å²) < 4.78 is 52.9. The number of sulfonamides is 1. The van der Waals surface area contributed by atoms with Gasteiger partial charge in [-0.3, -0.25) is 9.71 Å². The molecule has 106 valence electrons. The molecule has 0 amide bonds. The van der Waals surface area contributed by atoms with Crippen molar-refractivity contribution in [3.8, 4) is 0 Å². The van der Waals surface area contributed by atoms with Crippen LogP contribution in [0.4, 0.5) is 20.2 Å². The van der Waals surface area contributed by atoms with Crippen LogP contribution in [0.1, 0.15) is 0 Å². The Morgan fingerprint density at radius 1 is 1.25 bits per heavy atom. The molecule has 0 aliphatic heterocycles. The van der Waals surface area contributed by atoms with E-state index in [9.17, 15) is 17.2 Å². The fourth-order valence-corrected chi connectivity index (χ4v) is 3.53. The van der Waals surface area contributed by atoms with Gasteiger partial charge in [0, 0.05) is 10.7 Å². The van der Waals surface area contributed by atoms with Gasteiger partial charge < -0.3 is 5.73 Å². The third-order valence-electron chi connectivity index (χ3n) is 2.36. The Hall–Kier alpha value is -1.74. The number of pyridine rings is 1. The molecule has 0 spiro atoms. The first-order valence-electron chi connectivity index (χ1n) is 5.18. The number of hydrogen-bond donors (Lipinski definition) is 2. The van der Waals surface area contributed by atoms with Gasteiger partial charge in [-0.2, -0.15) is 0 Å². The van der Waals surface area contributed by atoms with Crippen molar-refractivity contribution in [2.24, 2.45) is 0 Å². The number of rotatable bonds is 3. The highest BCUT2D eigenvalue weighted by atomic mass is 79.9. The monoisotopic (exact) mass is 363 g/mol. The predicted molar refractivity (Wildman–Crippen MR) is 73.5 cm³/mol. The van der Waals surface area contributed by atoms with Gasteiger partial charge >= 0.3 is 0 Å². The Morgan fingerprint density at radius 3 is 2.60 bits per heavy atom. The number of aromatic nitrogens is 1. The van der Waals surface area contributed by atoms with Crippen molar-refractivity contribution in [2.45, 2.75) is 4.90 Å². The maximum Gasteiger partial charge on any atom is 0.263 e. The highest BCUT2D eigenvalue weighted by Gasteiger charge is 2.21. The Morgan fingerprint density at radius 2 is 1.95 bits per heavy atom. The van der Waals surface area contributed by atoms with Crippen molar-refractivity contribution in [3.63, 3.8) is 0 Å². The molecule has 0 aliphatic rings. The molecule has 0 unspecified atom stereocenters. The number of benzene rings is 1. The van der Waals surface area contributed by atoms with Gasteiger partial charge in [-0.05, 0) is 34.1 Å². The zero-order valence-corrected chi connectivity index (χ0v) is 12.2. The molecule has 0 aliphatic carbocycles. The summed E-state index contributed by atoms with van der Waals surface area (Å²) in [5.74, 6) is -1.59. The van der Waals surface area contributed by atoms with Crippen LogP contribution in [0.2, 0.25) is 0 Å². The average molecular weight is 364 g/mol. The van der Waals surface area contributed by atoms with Crippen LogP contribution in [-0.2, 0) is 10.0 Å². The van der Waals surface area contributed by atoms with Crippen LogP contribution in [0.5, 0.6) is 0 Å². The number of anilines is 2. The van der Waals surface area contributed by atoms with E-state index in [-0.39, 0.29) is 20.7 Å². The summed E-state index contributed by atoms with van der Waals surface area (Å²) >= 11 is 2.93. The fourth-order valence-electron chi connectivity index (χ4n) is 1.41. The van der Waals surface area contributed by atoms with Crippen LogP contribution in [-0.4, -0.2) is 13.4 Å². The average Bonchev–Trinajstić information content (AvgIpc) is 2.36. The largest absolute Gasteiger partial charge is 0.396 e. The summed E-state index contributed by atoms with van der Waals surface area (Å²) in [6, 6.07) is 3.03. The van der Waals surface area contributed by atoms with Gasteiger partial charge in [-0.15, -0.1) is 0 Å². The molecule has 0 saturated carbocycles. The van der Waals surface area contributed by atoms with Crippen molar-refractivity contribution >= 4 is 37.3 Å². The Balaban J connectivity index is 2.47. The lowest BCUT2D eigenvalue weighted by Crippen LogP contribution is -2.15. The zero-order chi connectivity index (χ0) is 14.9. The van der Waals surface area contributed by atoms with Gasteiger partial charge in [0.15, 0.2) is 5.82 Å². The Kier molecular flexibility index (Phi) is 3.91. The van der Waals surface area contributed by atoms with E-state index < -0.39 is 21.7 Å². The molecule has 0 radical (unpaired) electrons. The summed E-state index contributed by atoms with van der Waals surface area (Å²) in [5, 5.41) is 0. The third-order valence-corrected chi connectivity index (χ3v) is 4.68. The van der Waals surface area contributed by atoms with Crippen LogP contribution in [0.25, 0.3) is 0 Å². The van der Waals surface area contributed by atoms with E-state index in [2.05, 4.69) is 20.9 Å². The molecule has 1 heterocycles. The minimum absolute atomic E-state index is 0.0221. The normalized spacial score (nSPS) is 11.3. The topological polar surface area (TPSA) is 85.1 Å². The van der Waals surface area contributed by atoms with Crippen molar-refractivity contribution in [3.05, 3.63) is 46.7 Å². The lowest BCUT2D eigenvalue weighted by Gasteiger charge is -2.11. The zero-order valence-electron chi connectivity index (χ0n) is 9.77. The van der Waals surface area contributed by atoms with E-state index in [0.29, 0.717) is 0 Å². The highest BCUT2D eigenvalue weighted by Crippen LogP contribution is 2.28. The summed E-state index contributed by atoms with van der Waals surface area (Å²) in [5.41, 5.74) is 4.74. The molecule has 20 heavy (non-hydrogen) atoms. The van der Waals surface area contributed by atoms with Crippen molar-refractivity contribution < 1.29 is 17.2 Å². The van der Waals surface area contributed by atoms with Crippen LogP contribution >= 0.6 is 15.9 Å². The third kappa shape index (κ3) is 2.88. The Labute approximate surface area is 122 Å². The second-order valence-corrected chi connectivity index (χ2v) is 6.27. The summed E-state index contributed by atoms with van der Waals surface area (Å²) in [4.78, 5) is 3.20. The first-order valence-corrected chi connectivity index (χ1v) is 7.46. The van der Waals surface area contributed by atoms with E-state index in [4.69, 9.17) is 5.73 Å². The standard InChI is InChI=1S/C11H8BrF2N3O2S/c12-6-3-7(13)9(15)4-11(6)20(18,19)17-10-1-2-16-5-8(10)14/h1-5H,15H2,(H,16,17). The molecular weight excluding hydrogens is 356 g/mol. The van der Waals surface area contributed by atoms with E-state index in [1.54, 1.807) is 0 Å². The number of nitrogens with one attached hydrogen (secondary N) is 1. The highest BCUT2D eigenvalue weighted by molar-refractivity contribution is 9.10. The fraction of sp³-hybridized carbons (Fsp3) is 0. The van der Waals surface area contributed by atoms with Crippen LogP contribution in [0, 0.1) is 11.6 Å². The quantitative estimate of drug-likeness (QED) is 0.820. The van der Waals surface area contributed by atoms with Crippen molar-refractivity contribution in [2.75, 3.05) is 10.5 Å². The van der Waals surface area contributed by atoms with E-state index in [1.807, 2.05) is 4.72 Å². The van der Waals surface area contributed by atoms with E-state index in [0.717, 1.165) is 24.4 Å². The van der Waals surface area contributed by atoms with Gasteiger partial charge in [0.1, 0.15) is 10.7 Å². The lowest BCUT2D eigenvalue weighted by atomic mass is 10.3. The van der Waals surface area contributed by atoms with Crippen molar-refractivity contribution in [1.82, 2.24) is 4.98 Å². The smallest absolute Gasteiger partial charge is 0.263 e. The van der Waals surface area contributed by atoms with Gasteiger partial charge in [0.25, 0.3) is 10.0 Å². The van der Waals surface area contributed by atoms with E-state index >= 15 is 0 Å². The number of halogens is 3. The number of hydrogen-bond acceptors (Lipinski definition) is 4. The van der Waals surface area contributed by atoms with E-state index in [1.165, 1.54) is 6.20 Å². The maximum absolute atomic E-state index is 13.4. The van der Waals surface area contributed by atoms with Crippen LogP contribution in [0.3, 0.4) is 0 Å². The SMILES string of the molecule is Nc1cc(S(=O)(=O)Nc2ccncc2F)c(Br)cc1F. The summed E-state index contributed by atoms with van der Waals surface area (Å²) in [6.45, 7) is 0. The number of nitrogens with two attached hydrogens (primary N) is 1. The number of nitrogens with zero attached hydrogens (tertiary/aromatic N) is 1. The second-order valence-electron chi connectivity index (χ2n) is 3.77. The number of nitrogen functional groups attached to an aromatic ring is 1. The molecule has 3 N–H and O–H groups in total. The maximum atomic E-state index is 13.4. The molecule has 0 fully saturated rings. The summed E-state index contributed by atoms with van der Waals surface area (Å²) in [6.07, 6.45) is 2.10. The molecule has 0 saturated heterocycles. The molecule has 2 aromatic rings. The Bertz CT molecular complexity index is 768. The molecule has 9 heteroatoms. The molecule has 5 nitrogen and oxygen atoms in total. The first-order chi connectivity index (χ1) is 9.31.